The van der Waals surface area contributed by atoms with Crippen LogP contribution in [0.4, 0.5) is 0 Å². The molecule has 3 nitrogen and oxygen atoms in total. The minimum atomic E-state index is 0.130. The molecule has 2 heterocycles. The molecule has 0 N–H and O–H groups in total. The summed E-state index contributed by atoms with van der Waals surface area (Å²) in [5.74, 6) is 0.130. The highest BCUT2D eigenvalue weighted by Crippen LogP contribution is 2.21. The maximum absolute atomic E-state index is 12.0. The third-order valence-corrected chi connectivity index (χ3v) is 3.38. The third kappa shape index (κ3) is 2.22. The lowest BCUT2D eigenvalue weighted by molar-refractivity contribution is 0.0967. The van der Waals surface area contributed by atoms with Crippen LogP contribution in [0.2, 0.25) is 0 Å². The molecule has 0 atom stereocenters. The Kier molecular flexibility index (Phi) is 2.92. The molecule has 0 aliphatic rings. The van der Waals surface area contributed by atoms with Crippen molar-refractivity contribution in [2.24, 2.45) is 0 Å². The molecule has 0 saturated heterocycles. The van der Waals surface area contributed by atoms with Crippen molar-refractivity contribution >= 4 is 17.1 Å². The van der Waals surface area contributed by atoms with Crippen molar-refractivity contribution in [2.45, 2.75) is 27.3 Å². The molecule has 0 aliphatic carbocycles. The van der Waals surface area contributed by atoms with Gasteiger partial charge in [0.15, 0.2) is 5.78 Å². The van der Waals surface area contributed by atoms with Crippen LogP contribution in [0, 0.1) is 20.8 Å². The highest BCUT2D eigenvalue weighted by molar-refractivity contribution is 7.12. The fraction of sp³-hybridized carbons (Fsp3) is 0.333. The van der Waals surface area contributed by atoms with Crippen molar-refractivity contribution in [3.63, 3.8) is 0 Å². The maximum atomic E-state index is 12.0. The Morgan fingerprint density at radius 3 is 2.69 bits per heavy atom. The van der Waals surface area contributed by atoms with E-state index in [0.717, 1.165) is 16.0 Å². The summed E-state index contributed by atoms with van der Waals surface area (Å²) in [4.78, 5) is 14.3. The molecule has 2 aromatic rings. The Morgan fingerprint density at radius 1 is 1.44 bits per heavy atom. The summed E-state index contributed by atoms with van der Waals surface area (Å²) in [5.41, 5.74) is 1.90. The summed E-state index contributed by atoms with van der Waals surface area (Å²) < 4.78 is 1.68. The molecule has 0 spiro atoms. The zero-order valence-electron chi connectivity index (χ0n) is 9.65. The van der Waals surface area contributed by atoms with Gasteiger partial charge in [0, 0.05) is 21.5 Å². The second-order valence-electron chi connectivity index (χ2n) is 3.97. The summed E-state index contributed by atoms with van der Waals surface area (Å²) in [5, 5.41) is 4.12. The van der Waals surface area contributed by atoms with Crippen molar-refractivity contribution in [3.8, 4) is 0 Å². The van der Waals surface area contributed by atoms with Gasteiger partial charge >= 0.3 is 0 Å². The average molecular weight is 234 g/mol. The molecule has 2 aromatic heterocycles. The largest absolute Gasteiger partial charge is 0.292 e. The lowest BCUT2D eigenvalue weighted by atomic mass is 10.1. The average Bonchev–Trinajstić information content (AvgIpc) is 2.73. The summed E-state index contributed by atoms with van der Waals surface area (Å²) >= 11 is 1.66. The van der Waals surface area contributed by atoms with Gasteiger partial charge in [0.2, 0.25) is 0 Å². The monoisotopic (exact) mass is 234 g/mol. The molecular formula is C12H14N2OS. The van der Waals surface area contributed by atoms with E-state index in [1.54, 1.807) is 22.2 Å². The Balaban J connectivity index is 2.17. The van der Waals surface area contributed by atoms with E-state index in [1.165, 1.54) is 4.88 Å². The van der Waals surface area contributed by atoms with Gasteiger partial charge in [-0.1, -0.05) is 0 Å². The minimum Gasteiger partial charge on any atom is -0.292 e. The van der Waals surface area contributed by atoms with Gasteiger partial charge in [-0.25, -0.2) is 0 Å². The molecule has 0 aliphatic heterocycles. The number of hydrogen-bond acceptors (Lipinski definition) is 3. The fourth-order valence-electron chi connectivity index (χ4n) is 1.69. The summed E-state index contributed by atoms with van der Waals surface area (Å²) in [7, 11) is 0. The molecule has 0 amide bonds. The first-order valence-electron chi connectivity index (χ1n) is 5.15. The fourth-order valence-corrected chi connectivity index (χ4v) is 2.64. The minimum absolute atomic E-state index is 0.130. The molecule has 0 bridgehead atoms. The number of aryl methyl sites for hydroxylation is 3. The Morgan fingerprint density at radius 2 is 2.19 bits per heavy atom. The van der Waals surface area contributed by atoms with Gasteiger partial charge in [-0.2, -0.15) is 5.10 Å². The van der Waals surface area contributed by atoms with Gasteiger partial charge in [-0.05, 0) is 32.4 Å². The number of thiophene rings is 1. The van der Waals surface area contributed by atoms with Crippen LogP contribution in [0.25, 0.3) is 0 Å². The number of ketones is 1. The molecule has 0 radical (unpaired) electrons. The van der Waals surface area contributed by atoms with Gasteiger partial charge in [0.1, 0.15) is 6.54 Å². The van der Waals surface area contributed by atoms with E-state index >= 15 is 0 Å². The van der Waals surface area contributed by atoms with Crippen LogP contribution in [0.5, 0.6) is 0 Å². The molecule has 16 heavy (non-hydrogen) atoms. The number of carbonyl (C=O) groups is 1. The van der Waals surface area contributed by atoms with Crippen LogP contribution < -0.4 is 0 Å². The van der Waals surface area contributed by atoms with Gasteiger partial charge < -0.3 is 0 Å². The first-order valence-corrected chi connectivity index (χ1v) is 5.97. The van der Waals surface area contributed by atoms with Crippen LogP contribution in [-0.2, 0) is 6.54 Å². The van der Waals surface area contributed by atoms with Gasteiger partial charge in [-0.15, -0.1) is 11.3 Å². The highest BCUT2D eigenvalue weighted by atomic mass is 32.1. The first kappa shape index (κ1) is 11.1. The van der Waals surface area contributed by atoms with Crippen molar-refractivity contribution in [1.82, 2.24) is 9.78 Å². The second kappa shape index (κ2) is 4.22. The molecule has 2 rings (SSSR count). The summed E-state index contributed by atoms with van der Waals surface area (Å²) in [6, 6.07) is 1.96. The van der Waals surface area contributed by atoms with E-state index in [-0.39, 0.29) is 5.78 Å². The van der Waals surface area contributed by atoms with Crippen molar-refractivity contribution < 1.29 is 4.79 Å². The van der Waals surface area contributed by atoms with Crippen LogP contribution in [0.3, 0.4) is 0 Å². The molecular weight excluding hydrogens is 220 g/mol. The van der Waals surface area contributed by atoms with Crippen molar-refractivity contribution in [3.05, 3.63) is 39.3 Å². The van der Waals surface area contributed by atoms with Gasteiger partial charge in [0.25, 0.3) is 0 Å². The molecule has 4 heteroatoms. The third-order valence-electron chi connectivity index (χ3n) is 2.41. The zero-order chi connectivity index (χ0) is 11.7. The van der Waals surface area contributed by atoms with E-state index < -0.39 is 0 Å². The molecule has 0 unspecified atom stereocenters. The lowest BCUT2D eigenvalue weighted by Crippen LogP contribution is -2.10. The first-order chi connectivity index (χ1) is 7.56. The molecule has 0 fully saturated rings. The second-order valence-corrected chi connectivity index (χ2v) is 5.43. The van der Waals surface area contributed by atoms with Crippen LogP contribution in [-0.4, -0.2) is 15.6 Å². The number of rotatable bonds is 3. The van der Waals surface area contributed by atoms with Crippen LogP contribution >= 0.6 is 11.3 Å². The Labute approximate surface area is 98.7 Å². The van der Waals surface area contributed by atoms with E-state index in [1.807, 2.05) is 33.0 Å². The topological polar surface area (TPSA) is 34.9 Å². The number of hydrogen-bond donors (Lipinski definition) is 0. The van der Waals surface area contributed by atoms with Crippen LogP contribution in [0.15, 0.2) is 18.5 Å². The molecule has 0 saturated carbocycles. The molecule has 0 aromatic carbocycles. The van der Waals surface area contributed by atoms with E-state index in [9.17, 15) is 4.79 Å². The van der Waals surface area contributed by atoms with E-state index in [2.05, 4.69) is 5.10 Å². The van der Waals surface area contributed by atoms with Crippen molar-refractivity contribution in [1.29, 1.82) is 0 Å². The summed E-state index contributed by atoms with van der Waals surface area (Å²) in [6.07, 6.45) is 3.64. The summed E-state index contributed by atoms with van der Waals surface area (Å²) in [6.45, 7) is 6.30. The SMILES string of the molecule is Cc1cnn(CC(=O)c2cc(C)sc2C)c1. The van der Waals surface area contributed by atoms with E-state index in [4.69, 9.17) is 0 Å². The quantitative estimate of drug-likeness (QED) is 0.765. The lowest BCUT2D eigenvalue weighted by Gasteiger charge is -2.00. The van der Waals surface area contributed by atoms with Crippen LogP contribution in [0.1, 0.15) is 25.7 Å². The number of carbonyl (C=O) groups excluding carboxylic acids is 1. The Hall–Kier alpha value is -1.42. The predicted octanol–water partition coefficient (Wildman–Crippen LogP) is 2.75. The normalized spacial score (nSPS) is 10.7. The number of nitrogens with zero attached hydrogens (tertiary/aromatic N) is 2. The number of aromatic nitrogens is 2. The zero-order valence-corrected chi connectivity index (χ0v) is 10.5. The predicted molar refractivity (Wildman–Crippen MR) is 65.1 cm³/mol. The number of Topliss-reactive ketones (excluding diaryl/α,β-unsaturated/α-hetero) is 1. The smallest absolute Gasteiger partial charge is 0.185 e. The molecule has 84 valence electrons. The highest BCUT2D eigenvalue weighted by Gasteiger charge is 2.12. The Bertz CT molecular complexity index is 525. The standard InChI is InChI=1S/C12H14N2OS/c1-8-5-13-14(6-8)7-12(15)11-4-9(2)16-10(11)3/h4-6H,7H2,1-3H3. The van der Waals surface area contributed by atoms with Crippen molar-refractivity contribution in [2.75, 3.05) is 0 Å². The maximum Gasteiger partial charge on any atom is 0.185 e. The van der Waals surface area contributed by atoms with Gasteiger partial charge in [-0.3, -0.25) is 9.48 Å². The van der Waals surface area contributed by atoms with E-state index in [0.29, 0.717) is 6.54 Å². The van der Waals surface area contributed by atoms with Gasteiger partial charge in [0.05, 0.1) is 6.20 Å².